The van der Waals surface area contributed by atoms with Crippen molar-refractivity contribution in [2.45, 2.75) is 13.8 Å². The first kappa shape index (κ1) is 11.1. The van der Waals surface area contributed by atoms with Gasteiger partial charge < -0.3 is 11.6 Å². The number of hydrogen-bond donors (Lipinski definition) is 3. The normalized spacial score (nSPS) is 13.4. The highest BCUT2D eigenvalue weighted by Gasteiger charge is 1.92. The van der Waals surface area contributed by atoms with Gasteiger partial charge in [-0.3, -0.25) is 10.1 Å². The number of guanidine groups is 1. The van der Waals surface area contributed by atoms with E-state index in [-0.39, 0.29) is 11.9 Å². The van der Waals surface area contributed by atoms with E-state index in [2.05, 4.69) is 20.6 Å². The molecule has 0 bridgehead atoms. The van der Waals surface area contributed by atoms with Gasteiger partial charge in [0.15, 0.2) is 0 Å². The lowest BCUT2D eigenvalue weighted by atomic mass is 10.5. The summed E-state index contributed by atoms with van der Waals surface area (Å²) in [5.41, 5.74) is 5.74. The fourth-order valence-corrected chi connectivity index (χ4v) is 0.472. The molecule has 13 heavy (non-hydrogen) atoms. The van der Waals surface area contributed by atoms with Gasteiger partial charge in [0.1, 0.15) is 0 Å². The zero-order valence-corrected chi connectivity index (χ0v) is 7.48. The third-order valence-electron chi connectivity index (χ3n) is 0.881. The molecule has 0 unspecified atom stereocenters. The second-order valence-electron chi connectivity index (χ2n) is 2.19. The van der Waals surface area contributed by atoms with Crippen molar-refractivity contribution in [3.8, 4) is 0 Å². The number of amides is 1. The van der Waals surface area contributed by atoms with E-state index >= 15 is 0 Å². The molecule has 7 nitrogen and oxygen atoms in total. The van der Waals surface area contributed by atoms with Gasteiger partial charge in [-0.2, -0.15) is 10.2 Å². The fraction of sp³-hybridized carbons (Fsp3) is 0.333. The average Bonchev–Trinajstić information content (AvgIpc) is 2.00. The number of carbonyl (C=O) groups excluding carboxylic acids is 1. The lowest BCUT2D eigenvalue weighted by Crippen LogP contribution is -2.34. The molecule has 0 aromatic carbocycles. The van der Waals surface area contributed by atoms with Crippen LogP contribution >= 0.6 is 0 Å². The Bertz CT molecular complexity index is 266. The summed E-state index contributed by atoms with van der Waals surface area (Å²) in [7, 11) is 0. The van der Waals surface area contributed by atoms with Crippen molar-refractivity contribution in [1.29, 1.82) is 0 Å². The van der Waals surface area contributed by atoms with Crippen LogP contribution in [0, 0.1) is 0 Å². The van der Waals surface area contributed by atoms with E-state index in [1.165, 1.54) is 13.1 Å². The van der Waals surface area contributed by atoms with Crippen LogP contribution in [-0.2, 0) is 4.79 Å². The molecule has 1 amide bonds. The number of nitrogens with one attached hydrogen (secondary N) is 1. The molecule has 0 aromatic heterocycles. The number of carbonyl (C=O) groups is 1. The van der Waals surface area contributed by atoms with Crippen LogP contribution in [-0.4, -0.2) is 23.8 Å². The second-order valence-corrected chi connectivity index (χ2v) is 2.19. The van der Waals surface area contributed by atoms with E-state index in [0.717, 1.165) is 0 Å². The summed E-state index contributed by atoms with van der Waals surface area (Å²) in [4.78, 5) is 10.5. The molecule has 0 aromatic rings. The summed E-state index contributed by atoms with van der Waals surface area (Å²) in [5.74, 6) is 4.48. The largest absolute Gasteiger partial charge is 0.368 e. The summed E-state index contributed by atoms with van der Waals surface area (Å²) in [6, 6.07) is 0. The van der Waals surface area contributed by atoms with Crippen LogP contribution in [0.3, 0.4) is 0 Å². The minimum atomic E-state index is -0.304. The zero-order valence-electron chi connectivity index (χ0n) is 7.48. The van der Waals surface area contributed by atoms with Crippen LogP contribution in [0.2, 0.25) is 0 Å². The Labute approximate surface area is 75.6 Å². The van der Waals surface area contributed by atoms with Crippen molar-refractivity contribution in [3.05, 3.63) is 0 Å². The van der Waals surface area contributed by atoms with Crippen molar-refractivity contribution >= 4 is 23.8 Å². The molecule has 0 aliphatic heterocycles. The molecule has 0 saturated carbocycles. The molecule has 0 heterocycles. The molecular formula is C6H12N6O. The molecule has 0 saturated heterocycles. The Hall–Kier alpha value is -1.92. The zero-order chi connectivity index (χ0) is 10.3. The predicted octanol–water partition coefficient (Wildman–Crippen LogP) is -1.24. The third-order valence-corrected chi connectivity index (χ3v) is 0.881. The molecule has 0 fully saturated rings. The van der Waals surface area contributed by atoms with Gasteiger partial charge in [0, 0.05) is 6.92 Å². The highest BCUT2D eigenvalue weighted by Crippen LogP contribution is 1.75. The van der Waals surface area contributed by atoms with Crippen molar-refractivity contribution < 1.29 is 4.79 Å². The predicted molar refractivity (Wildman–Crippen MR) is 51.2 cm³/mol. The molecule has 0 radical (unpaired) electrons. The smallest absolute Gasteiger partial charge is 0.223 e. The van der Waals surface area contributed by atoms with Gasteiger partial charge in [-0.15, -0.1) is 5.10 Å². The van der Waals surface area contributed by atoms with E-state index in [0.29, 0.717) is 5.71 Å². The number of rotatable bonds is 2. The third kappa shape index (κ3) is 6.48. The molecular weight excluding hydrogens is 172 g/mol. The molecule has 5 N–H and O–H groups in total. The first-order chi connectivity index (χ1) is 6.06. The quantitative estimate of drug-likeness (QED) is 0.215. The standard InChI is InChI=1S/C6H12N6O/c1-4(3-9-8)11-12-6(7)10-5(2)13/h3H,8H2,1-2H3,(H3,7,10,12,13)/b9-3+,11-4-. The maximum atomic E-state index is 10.5. The average molecular weight is 184 g/mol. The molecule has 0 atom stereocenters. The summed E-state index contributed by atoms with van der Waals surface area (Å²) in [5, 5.41) is 12.6. The lowest BCUT2D eigenvalue weighted by Gasteiger charge is -1.96. The highest BCUT2D eigenvalue weighted by molar-refractivity contribution is 6.29. The van der Waals surface area contributed by atoms with Gasteiger partial charge in [0.05, 0.1) is 11.9 Å². The van der Waals surface area contributed by atoms with Crippen LogP contribution in [0.15, 0.2) is 15.3 Å². The Balaban J connectivity index is 4.24. The Morgan fingerprint density at radius 2 is 2.00 bits per heavy atom. The van der Waals surface area contributed by atoms with E-state index in [4.69, 9.17) is 11.6 Å². The van der Waals surface area contributed by atoms with Crippen LogP contribution in [0.4, 0.5) is 0 Å². The first-order valence-electron chi connectivity index (χ1n) is 3.45. The Kier molecular flexibility index (Phi) is 4.85. The lowest BCUT2D eigenvalue weighted by molar-refractivity contribution is -0.117. The van der Waals surface area contributed by atoms with Crippen LogP contribution in [0.1, 0.15) is 13.8 Å². The molecule has 0 aliphatic rings. The number of hydrazone groups is 1. The summed E-state index contributed by atoms with van der Waals surface area (Å²) < 4.78 is 0. The van der Waals surface area contributed by atoms with Crippen molar-refractivity contribution in [2.75, 3.05) is 0 Å². The van der Waals surface area contributed by atoms with Crippen LogP contribution in [0.25, 0.3) is 0 Å². The van der Waals surface area contributed by atoms with Gasteiger partial charge in [-0.25, -0.2) is 0 Å². The number of nitrogens with two attached hydrogens (primary N) is 2. The topological polar surface area (TPSA) is 118 Å². The van der Waals surface area contributed by atoms with Gasteiger partial charge >= 0.3 is 0 Å². The van der Waals surface area contributed by atoms with Gasteiger partial charge in [0.2, 0.25) is 11.9 Å². The highest BCUT2D eigenvalue weighted by atomic mass is 16.1. The summed E-state index contributed by atoms with van der Waals surface area (Å²) >= 11 is 0. The Morgan fingerprint density at radius 1 is 1.38 bits per heavy atom. The monoisotopic (exact) mass is 184 g/mol. The molecule has 0 aliphatic carbocycles. The molecule has 72 valence electrons. The number of nitrogens with zero attached hydrogens (tertiary/aromatic N) is 3. The van der Waals surface area contributed by atoms with Gasteiger partial charge in [-0.1, -0.05) is 0 Å². The SMILES string of the molecule is CC(=O)NC(N)=N/N=C(C)\C=N\N. The summed E-state index contributed by atoms with van der Waals surface area (Å²) in [6.45, 7) is 2.96. The van der Waals surface area contributed by atoms with Gasteiger partial charge in [0.25, 0.3) is 0 Å². The minimum absolute atomic E-state index is 0.0720. The van der Waals surface area contributed by atoms with E-state index < -0.39 is 0 Å². The first-order valence-corrected chi connectivity index (χ1v) is 3.45. The maximum absolute atomic E-state index is 10.5. The number of hydrogen-bond acceptors (Lipinski definition) is 5. The molecule has 7 heteroatoms. The van der Waals surface area contributed by atoms with E-state index in [1.807, 2.05) is 0 Å². The molecule has 0 rings (SSSR count). The fourth-order valence-electron chi connectivity index (χ4n) is 0.472. The maximum Gasteiger partial charge on any atom is 0.223 e. The van der Waals surface area contributed by atoms with E-state index in [9.17, 15) is 4.79 Å². The Morgan fingerprint density at radius 3 is 2.46 bits per heavy atom. The van der Waals surface area contributed by atoms with Crippen LogP contribution < -0.4 is 16.9 Å². The van der Waals surface area contributed by atoms with E-state index in [1.54, 1.807) is 6.92 Å². The van der Waals surface area contributed by atoms with Crippen molar-refractivity contribution in [2.24, 2.45) is 26.9 Å². The van der Waals surface area contributed by atoms with Gasteiger partial charge in [-0.05, 0) is 6.92 Å². The molecule has 0 spiro atoms. The van der Waals surface area contributed by atoms with Crippen molar-refractivity contribution in [1.82, 2.24) is 5.32 Å². The van der Waals surface area contributed by atoms with Crippen LogP contribution in [0.5, 0.6) is 0 Å². The van der Waals surface area contributed by atoms with Crippen molar-refractivity contribution in [3.63, 3.8) is 0 Å². The summed E-state index contributed by atoms with van der Waals surface area (Å²) in [6.07, 6.45) is 1.31. The second kappa shape index (κ2) is 5.70. The minimum Gasteiger partial charge on any atom is -0.368 e.